The Balaban J connectivity index is 1.28. The number of carbonyl (C=O) groups excluding carboxylic acids is 1. The van der Waals surface area contributed by atoms with Crippen LogP contribution in [-0.2, 0) is 30.6 Å². The van der Waals surface area contributed by atoms with Gasteiger partial charge < -0.3 is 5.32 Å². The van der Waals surface area contributed by atoms with Crippen molar-refractivity contribution in [3.8, 4) is 0 Å². The molecule has 0 atom stereocenters. The van der Waals surface area contributed by atoms with Crippen molar-refractivity contribution in [1.82, 2.24) is 20.2 Å². The molecule has 0 saturated carbocycles. The fourth-order valence-corrected chi connectivity index (χ4v) is 4.66. The maximum Gasteiger partial charge on any atom is 0.234 e. The second kappa shape index (κ2) is 12.3. The Morgan fingerprint density at radius 1 is 0.848 bits per heavy atom. The van der Waals surface area contributed by atoms with Crippen molar-refractivity contribution in [3.63, 3.8) is 0 Å². The number of nitrogens with zero attached hydrogens (tertiary/aromatic N) is 3. The molecule has 5 heteroatoms. The largest absolute Gasteiger partial charge is 0.352 e. The number of fused-ring (bicyclic) bond motifs is 1. The van der Waals surface area contributed by atoms with E-state index in [0.29, 0.717) is 6.54 Å². The molecule has 0 aliphatic carbocycles. The minimum Gasteiger partial charge on any atom is -0.352 e. The summed E-state index contributed by atoms with van der Waals surface area (Å²) in [6, 6.07) is 17.1. The Morgan fingerprint density at radius 3 is 2.03 bits per heavy atom. The molecule has 1 aliphatic rings. The molecule has 5 nitrogen and oxygen atoms in total. The smallest absolute Gasteiger partial charge is 0.234 e. The van der Waals surface area contributed by atoms with E-state index in [1.54, 1.807) is 0 Å². The first-order valence-electron chi connectivity index (χ1n) is 12.1. The lowest BCUT2D eigenvalue weighted by molar-refractivity contribution is -0.123. The zero-order valence-corrected chi connectivity index (χ0v) is 19.3. The number of hydrogen-bond acceptors (Lipinski definition) is 4. The summed E-state index contributed by atoms with van der Waals surface area (Å²) in [5.41, 5.74) is 5.37. The summed E-state index contributed by atoms with van der Waals surface area (Å²) >= 11 is 0. The molecule has 3 aromatic rings. The highest BCUT2D eigenvalue weighted by molar-refractivity contribution is 5.78. The normalized spacial score (nSPS) is 13.6. The highest BCUT2D eigenvalue weighted by atomic mass is 16.2. The van der Waals surface area contributed by atoms with Crippen LogP contribution in [0.4, 0.5) is 0 Å². The fraction of sp³-hybridized carbons (Fsp3) is 0.393. The van der Waals surface area contributed by atoms with Crippen LogP contribution < -0.4 is 5.32 Å². The van der Waals surface area contributed by atoms with Gasteiger partial charge in [0.2, 0.25) is 5.91 Å². The molecule has 0 fully saturated rings. The van der Waals surface area contributed by atoms with Crippen molar-refractivity contribution in [1.29, 1.82) is 0 Å². The van der Waals surface area contributed by atoms with Gasteiger partial charge in [-0.25, -0.2) is 0 Å². The summed E-state index contributed by atoms with van der Waals surface area (Å²) < 4.78 is 0. The molecule has 33 heavy (non-hydrogen) atoms. The van der Waals surface area contributed by atoms with Gasteiger partial charge in [0.25, 0.3) is 0 Å². The molecule has 2 aromatic heterocycles. The van der Waals surface area contributed by atoms with E-state index in [9.17, 15) is 4.79 Å². The van der Waals surface area contributed by atoms with E-state index in [1.165, 1.54) is 22.3 Å². The minimum atomic E-state index is 0.146. The first-order valence-corrected chi connectivity index (χ1v) is 12.1. The summed E-state index contributed by atoms with van der Waals surface area (Å²) in [5, 5.41) is 3.36. The van der Waals surface area contributed by atoms with Gasteiger partial charge in [-0.3, -0.25) is 19.7 Å². The van der Waals surface area contributed by atoms with Gasteiger partial charge in [-0.15, -0.1) is 0 Å². The summed E-state index contributed by atoms with van der Waals surface area (Å²) in [7, 11) is 0. The number of hydrogen-bond donors (Lipinski definition) is 1. The van der Waals surface area contributed by atoms with Crippen LogP contribution in [-0.4, -0.2) is 39.9 Å². The van der Waals surface area contributed by atoms with Crippen LogP contribution in [0.2, 0.25) is 0 Å². The van der Waals surface area contributed by atoms with Crippen molar-refractivity contribution in [2.45, 2.75) is 57.5 Å². The third-order valence-corrected chi connectivity index (χ3v) is 6.48. The van der Waals surface area contributed by atoms with Crippen LogP contribution in [0.3, 0.4) is 0 Å². The Morgan fingerprint density at radius 2 is 1.42 bits per heavy atom. The molecule has 1 N–H and O–H groups in total. The lowest BCUT2D eigenvalue weighted by atomic mass is 9.99. The van der Waals surface area contributed by atoms with Crippen molar-refractivity contribution in [2.75, 3.05) is 13.1 Å². The van der Waals surface area contributed by atoms with Gasteiger partial charge >= 0.3 is 0 Å². The Kier molecular flexibility index (Phi) is 8.59. The van der Waals surface area contributed by atoms with Crippen LogP contribution in [0.15, 0.2) is 73.3 Å². The van der Waals surface area contributed by atoms with Gasteiger partial charge in [0, 0.05) is 43.9 Å². The average Bonchev–Trinajstić information content (AvgIpc) is 2.85. The number of aryl methyl sites for hydroxylation is 2. The monoisotopic (exact) mass is 442 g/mol. The van der Waals surface area contributed by atoms with Crippen molar-refractivity contribution >= 4 is 5.91 Å². The Hall–Kier alpha value is -3.05. The van der Waals surface area contributed by atoms with Crippen molar-refractivity contribution in [2.24, 2.45) is 0 Å². The molecule has 0 radical (unpaired) electrons. The minimum absolute atomic E-state index is 0.146. The molecular formula is C28H34N4O. The van der Waals surface area contributed by atoms with Gasteiger partial charge in [0.1, 0.15) is 0 Å². The molecule has 172 valence electrons. The lowest BCUT2D eigenvalue weighted by Crippen LogP contribution is -2.43. The second-order valence-electron chi connectivity index (χ2n) is 8.99. The Labute approximate surface area is 197 Å². The molecule has 1 amide bonds. The first kappa shape index (κ1) is 23.1. The second-order valence-corrected chi connectivity index (χ2v) is 8.99. The molecule has 0 spiro atoms. The van der Waals surface area contributed by atoms with Gasteiger partial charge in [0.15, 0.2) is 0 Å². The summed E-state index contributed by atoms with van der Waals surface area (Å²) in [4.78, 5) is 23.4. The predicted molar refractivity (Wildman–Crippen MR) is 132 cm³/mol. The van der Waals surface area contributed by atoms with E-state index >= 15 is 0 Å². The topological polar surface area (TPSA) is 58.1 Å². The Bertz CT molecular complexity index is 948. The van der Waals surface area contributed by atoms with Crippen molar-refractivity contribution < 1.29 is 4.79 Å². The quantitative estimate of drug-likeness (QED) is 0.479. The lowest BCUT2D eigenvalue weighted by Gasteiger charge is -2.29. The molecule has 0 saturated heterocycles. The van der Waals surface area contributed by atoms with Crippen LogP contribution in [0.5, 0.6) is 0 Å². The molecule has 1 aromatic carbocycles. The number of rotatable bonds is 11. The number of amides is 1. The molecular weight excluding hydrogens is 408 g/mol. The highest BCUT2D eigenvalue weighted by Gasteiger charge is 2.19. The number of pyridine rings is 2. The van der Waals surface area contributed by atoms with E-state index in [4.69, 9.17) is 0 Å². The van der Waals surface area contributed by atoms with Crippen LogP contribution in [0.25, 0.3) is 0 Å². The molecule has 0 unspecified atom stereocenters. The van der Waals surface area contributed by atoms with Crippen molar-refractivity contribution in [3.05, 3.63) is 95.6 Å². The SMILES string of the molecule is O=C(CN1CCc2ccccc2C1)NC(CCCc1ccncc1)CCCc1ccncc1. The zero-order chi connectivity index (χ0) is 22.7. The third kappa shape index (κ3) is 7.50. The molecule has 3 heterocycles. The maximum absolute atomic E-state index is 12.9. The maximum atomic E-state index is 12.9. The fourth-order valence-electron chi connectivity index (χ4n) is 4.66. The zero-order valence-electron chi connectivity index (χ0n) is 19.3. The average molecular weight is 443 g/mol. The van der Waals surface area contributed by atoms with E-state index in [0.717, 1.165) is 58.0 Å². The van der Waals surface area contributed by atoms with E-state index in [1.807, 2.05) is 24.8 Å². The summed E-state index contributed by atoms with van der Waals surface area (Å²) in [6.07, 6.45) is 14.5. The van der Waals surface area contributed by atoms with Gasteiger partial charge in [-0.1, -0.05) is 24.3 Å². The van der Waals surface area contributed by atoms with Gasteiger partial charge in [-0.2, -0.15) is 0 Å². The van der Waals surface area contributed by atoms with Gasteiger partial charge in [-0.05, 0) is 91.5 Å². The third-order valence-electron chi connectivity index (χ3n) is 6.48. The van der Waals surface area contributed by atoms with Crippen LogP contribution >= 0.6 is 0 Å². The van der Waals surface area contributed by atoms with Crippen LogP contribution in [0.1, 0.15) is 47.9 Å². The summed E-state index contributed by atoms with van der Waals surface area (Å²) in [5.74, 6) is 0.146. The van der Waals surface area contributed by atoms with E-state index < -0.39 is 0 Å². The van der Waals surface area contributed by atoms with E-state index in [2.05, 4.69) is 68.7 Å². The first-order chi connectivity index (χ1) is 16.3. The molecule has 4 rings (SSSR count). The predicted octanol–water partition coefficient (Wildman–Crippen LogP) is 4.37. The number of carbonyl (C=O) groups is 1. The summed E-state index contributed by atoms with van der Waals surface area (Å²) in [6.45, 7) is 2.27. The number of aromatic nitrogens is 2. The highest BCUT2D eigenvalue weighted by Crippen LogP contribution is 2.18. The van der Waals surface area contributed by atoms with Crippen LogP contribution in [0, 0.1) is 0 Å². The van der Waals surface area contributed by atoms with E-state index in [-0.39, 0.29) is 11.9 Å². The molecule has 1 aliphatic heterocycles. The standard InChI is InChI=1S/C28H34N4O/c33-28(22-32-20-15-25-7-1-2-8-26(25)21-32)31-27(9-3-5-23-11-16-29-17-12-23)10-4-6-24-13-18-30-19-14-24/h1-2,7-8,11-14,16-19,27H,3-6,9-10,15,20-22H2,(H,31,33). The number of nitrogens with one attached hydrogen (secondary N) is 1. The molecule has 0 bridgehead atoms. The number of benzene rings is 1. The van der Waals surface area contributed by atoms with Gasteiger partial charge in [0.05, 0.1) is 6.54 Å².